The molecule has 0 aliphatic rings. The molecule has 0 N–H and O–H groups in total. The number of aliphatic imine (C=N–C) groups is 1. The van der Waals surface area contributed by atoms with Gasteiger partial charge in [0.15, 0.2) is 0 Å². The summed E-state index contributed by atoms with van der Waals surface area (Å²) in [6.07, 6.45) is 1.98. The predicted octanol–water partition coefficient (Wildman–Crippen LogP) is 2.02. The van der Waals surface area contributed by atoms with Crippen LogP contribution >= 0.6 is 0 Å². The van der Waals surface area contributed by atoms with Crippen molar-refractivity contribution in [3.8, 4) is 0 Å². The Labute approximate surface area is 98.5 Å². The van der Waals surface area contributed by atoms with E-state index in [0.29, 0.717) is 0 Å². The van der Waals surface area contributed by atoms with E-state index < -0.39 is 16.2 Å². The first-order valence-corrected chi connectivity index (χ1v) is 5.62. The monoisotopic (exact) mass is 212 g/mol. The molecule has 2 nitrogen and oxygen atoms in total. The summed E-state index contributed by atoms with van der Waals surface area (Å²) in [5.41, 5.74) is 1.95. The van der Waals surface area contributed by atoms with E-state index in [1.165, 1.54) is 0 Å². The normalized spacial score (nSPS) is 15.7. The molecule has 0 saturated heterocycles. The molecule has 0 amide bonds. The summed E-state index contributed by atoms with van der Waals surface area (Å²) < 4.78 is 17.2. The zero-order valence-corrected chi connectivity index (χ0v) is 11.4. The van der Waals surface area contributed by atoms with Gasteiger partial charge in [0.1, 0.15) is 0 Å². The van der Waals surface area contributed by atoms with Crippen molar-refractivity contribution in [3.63, 3.8) is 0 Å². The highest BCUT2D eigenvalue weighted by Crippen LogP contribution is 2.05. The largest absolute Gasteiger partial charge is 0.470 e. The van der Waals surface area contributed by atoms with Crippen LogP contribution in [0.2, 0.25) is 0 Å². The van der Waals surface area contributed by atoms with Crippen molar-refractivity contribution in [1.82, 2.24) is 3.88 Å². The van der Waals surface area contributed by atoms with E-state index in [1.807, 2.05) is 51.5 Å². The fourth-order valence-electron chi connectivity index (χ4n) is 1.23. The van der Waals surface area contributed by atoms with Crippen molar-refractivity contribution in [3.05, 3.63) is 11.8 Å². The third kappa shape index (κ3) is 5.47. The van der Waals surface area contributed by atoms with Gasteiger partial charge < -0.3 is 3.88 Å². The zero-order chi connectivity index (χ0) is 12.9. The van der Waals surface area contributed by atoms with Crippen LogP contribution in [0.25, 0.3) is 0 Å². The number of hydrogen-bond donors (Lipinski definition) is 0. The molecule has 0 radical (unpaired) electrons. The average molecular weight is 212 g/mol. The molecule has 0 unspecified atom stereocenters. The van der Waals surface area contributed by atoms with Gasteiger partial charge in [-0.1, -0.05) is 0 Å². The molecule has 0 fully saturated rings. The third-order valence-corrected chi connectivity index (χ3v) is 2.85. The second-order valence-corrected chi connectivity index (χ2v) is 4.71. The maximum atomic E-state index is 7.63. The minimum absolute atomic E-state index is 0.217. The molecule has 0 heterocycles. The lowest BCUT2D eigenvalue weighted by atomic mass is 10.3. The molecule has 0 saturated carbocycles. The Morgan fingerprint density at radius 1 is 1.36 bits per heavy atom. The standard InChI is InChI=1S/C11H21N2.Al.2H/c1-8(2)12-10(5)7-11(6)13-9(3)4;;;/h7-9H,1-6H3;;;/q-1;+1;;/b10-7-,13-11?;;;/i;;2*1+1. The second kappa shape index (κ2) is 6.27. The van der Waals surface area contributed by atoms with E-state index in [-0.39, 0.29) is 12.1 Å². The smallest absolute Gasteiger partial charge is 0.363 e. The van der Waals surface area contributed by atoms with E-state index in [2.05, 4.69) is 4.99 Å². The minimum Gasteiger partial charge on any atom is -0.470 e. The van der Waals surface area contributed by atoms with Gasteiger partial charge in [-0.05, 0) is 61.2 Å². The van der Waals surface area contributed by atoms with Crippen LogP contribution in [0.3, 0.4) is 0 Å². The van der Waals surface area contributed by atoms with Crippen LogP contribution in [-0.4, -0.2) is 39.8 Å². The maximum absolute atomic E-state index is 7.63. The summed E-state index contributed by atoms with van der Waals surface area (Å²) in [6, 6.07) is 0.506. The molecule has 80 valence electrons. The highest BCUT2D eigenvalue weighted by molar-refractivity contribution is 6.06. The highest BCUT2D eigenvalue weighted by atomic mass is 27.1. The fraction of sp³-hybridized carbons (Fsp3) is 0.727. The molecule has 0 rings (SSSR count). The molecular formula is C11H23AlN2. The second-order valence-electron chi connectivity index (χ2n) is 4.15. The van der Waals surface area contributed by atoms with Gasteiger partial charge in [0.25, 0.3) is 0 Å². The molecule has 0 aliphatic heterocycles. The van der Waals surface area contributed by atoms with Crippen molar-refractivity contribution in [2.75, 3.05) is 0 Å². The fourth-order valence-corrected chi connectivity index (χ4v) is 1.30. The molecule has 0 spiro atoms. The zero-order valence-electron chi connectivity index (χ0n) is 12.2. The average Bonchev–Trinajstić information content (AvgIpc) is 1.98. The molecule has 0 aromatic rings. The van der Waals surface area contributed by atoms with E-state index in [1.54, 1.807) is 0 Å². The third-order valence-electron chi connectivity index (χ3n) is 1.84. The molecule has 0 aromatic carbocycles. The summed E-state index contributed by atoms with van der Waals surface area (Å²) in [7, 11) is 0. The Hall–Kier alpha value is -0.258. The Bertz CT molecular complexity index is 265. The van der Waals surface area contributed by atoms with Gasteiger partial charge >= 0.3 is 16.2 Å². The molecule has 3 heteroatoms. The molecule has 0 bridgehead atoms. The number of hydrogen-bond acceptors (Lipinski definition) is 2. The first-order chi connectivity index (χ1) is 7.25. The summed E-state index contributed by atoms with van der Waals surface area (Å²) in [5.74, 6) is 0. The number of allylic oxidation sites excluding steroid dienone is 2. The first kappa shape index (κ1) is 10.3. The van der Waals surface area contributed by atoms with Crippen LogP contribution < -0.4 is 0 Å². The SMILES string of the molecule is [2H][Al]([2H])[N](/C(C)=C\C(C)=NC(C)C)C(C)C. The van der Waals surface area contributed by atoms with Crippen molar-refractivity contribution < 1.29 is 0 Å². The summed E-state index contributed by atoms with van der Waals surface area (Å²) in [6.45, 7) is 12.1. The van der Waals surface area contributed by atoms with Gasteiger partial charge in [0.05, 0.1) is 0 Å². The Balaban J connectivity index is 4.86. The van der Waals surface area contributed by atoms with E-state index in [4.69, 9.17) is 1.88 Å². The Morgan fingerprint density at radius 3 is 2.29 bits per heavy atom. The predicted molar refractivity (Wildman–Crippen MR) is 67.5 cm³/mol. The highest BCUT2D eigenvalue weighted by Gasteiger charge is 2.02. The molecular weight excluding hydrogens is 187 g/mol. The van der Waals surface area contributed by atoms with Gasteiger partial charge in [-0.2, -0.15) is 0 Å². The van der Waals surface area contributed by atoms with Crippen molar-refractivity contribution >= 4 is 21.9 Å². The van der Waals surface area contributed by atoms with E-state index >= 15 is 0 Å². The topological polar surface area (TPSA) is 15.6 Å². The Kier molecular flexibility index (Phi) is 4.60. The quantitative estimate of drug-likeness (QED) is 0.503. The lowest BCUT2D eigenvalue weighted by molar-refractivity contribution is 0.460. The van der Waals surface area contributed by atoms with Gasteiger partial charge in [-0.15, -0.1) is 0 Å². The van der Waals surface area contributed by atoms with Crippen molar-refractivity contribution in [1.29, 1.82) is 1.88 Å². The first-order valence-electron chi connectivity index (χ1n) is 6.26. The molecule has 0 aliphatic carbocycles. The van der Waals surface area contributed by atoms with E-state index in [0.717, 1.165) is 11.4 Å². The van der Waals surface area contributed by atoms with Gasteiger partial charge in [-0.25, -0.2) is 0 Å². The van der Waals surface area contributed by atoms with Crippen LogP contribution in [0, 0.1) is 0 Å². The summed E-state index contributed by atoms with van der Waals surface area (Å²) >= 11 is -2.29. The maximum Gasteiger partial charge on any atom is 0.363 e. The summed E-state index contributed by atoms with van der Waals surface area (Å²) in [4.78, 5) is 4.42. The van der Waals surface area contributed by atoms with Crippen molar-refractivity contribution in [2.24, 2.45) is 4.99 Å². The Morgan fingerprint density at radius 2 is 1.93 bits per heavy atom. The van der Waals surface area contributed by atoms with Gasteiger partial charge in [0, 0.05) is 11.8 Å². The van der Waals surface area contributed by atoms with Crippen LogP contribution in [-0.2, 0) is 0 Å². The van der Waals surface area contributed by atoms with Crippen LogP contribution in [0.15, 0.2) is 16.8 Å². The molecule has 0 atom stereocenters. The summed E-state index contributed by atoms with van der Waals surface area (Å²) in [5, 5.41) is 0. The van der Waals surface area contributed by atoms with E-state index in [9.17, 15) is 0 Å². The van der Waals surface area contributed by atoms with Gasteiger partial charge in [-0.3, -0.25) is 4.99 Å². The van der Waals surface area contributed by atoms with Crippen molar-refractivity contribution in [2.45, 2.75) is 53.6 Å². The van der Waals surface area contributed by atoms with Crippen LogP contribution in [0.5, 0.6) is 0 Å². The molecule has 0 aromatic heterocycles. The lowest BCUT2D eigenvalue weighted by Crippen LogP contribution is -2.26. The van der Waals surface area contributed by atoms with Gasteiger partial charge in [0.2, 0.25) is 0 Å². The van der Waals surface area contributed by atoms with Crippen LogP contribution in [0.1, 0.15) is 41.5 Å². The van der Waals surface area contributed by atoms with Crippen LogP contribution in [0.4, 0.5) is 0 Å². The lowest BCUT2D eigenvalue weighted by Gasteiger charge is -2.26. The molecule has 14 heavy (non-hydrogen) atoms. The minimum atomic E-state index is -2.29. The number of rotatable bonds is 5. The number of nitrogens with zero attached hydrogens (tertiary/aromatic N) is 2.